The molecule has 80 valence electrons. The SMILES string of the molecule is C#CCS(=O)(=O)c1cccc2cccnc12. The summed E-state index contributed by atoms with van der Waals surface area (Å²) >= 11 is 0. The van der Waals surface area contributed by atoms with Crippen molar-refractivity contribution in [2.75, 3.05) is 5.75 Å². The molecular formula is C12H9NO2S. The van der Waals surface area contributed by atoms with Gasteiger partial charge in [0.15, 0.2) is 9.84 Å². The average Bonchev–Trinajstić information content (AvgIpc) is 2.28. The third-order valence-electron chi connectivity index (χ3n) is 2.20. The number of benzene rings is 1. The number of hydrogen-bond acceptors (Lipinski definition) is 3. The van der Waals surface area contributed by atoms with Crippen molar-refractivity contribution in [1.29, 1.82) is 0 Å². The molecule has 1 aromatic heterocycles. The Bertz CT molecular complexity index is 663. The number of hydrogen-bond donors (Lipinski definition) is 0. The van der Waals surface area contributed by atoms with Crippen LogP contribution >= 0.6 is 0 Å². The highest BCUT2D eigenvalue weighted by atomic mass is 32.2. The second kappa shape index (κ2) is 3.95. The Labute approximate surface area is 94.1 Å². The van der Waals surface area contributed by atoms with Gasteiger partial charge in [-0.1, -0.05) is 24.1 Å². The monoisotopic (exact) mass is 231 g/mol. The molecule has 0 aliphatic rings. The normalized spacial score (nSPS) is 11.2. The number of pyridine rings is 1. The smallest absolute Gasteiger partial charge is 0.191 e. The number of fused-ring (bicyclic) bond motifs is 1. The maximum atomic E-state index is 11.9. The summed E-state index contributed by atoms with van der Waals surface area (Å²) in [5, 5.41) is 0.792. The molecular weight excluding hydrogens is 222 g/mol. The van der Waals surface area contributed by atoms with Gasteiger partial charge in [-0.15, -0.1) is 6.42 Å². The molecule has 4 heteroatoms. The van der Waals surface area contributed by atoms with Crippen molar-refractivity contribution >= 4 is 20.7 Å². The predicted molar refractivity (Wildman–Crippen MR) is 62.6 cm³/mol. The lowest BCUT2D eigenvalue weighted by molar-refractivity contribution is 0.600. The van der Waals surface area contributed by atoms with Gasteiger partial charge in [-0.2, -0.15) is 0 Å². The molecule has 16 heavy (non-hydrogen) atoms. The molecule has 0 saturated carbocycles. The van der Waals surface area contributed by atoms with Crippen molar-refractivity contribution in [3.63, 3.8) is 0 Å². The summed E-state index contributed by atoms with van der Waals surface area (Å²) < 4.78 is 23.7. The van der Waals surface area contributed by atoms with E-state index in [-0.39, 0.29) is 10.6 Å². The topological polar surface area (TPSA) is 47.0 Å². The van der Waals surface area contributed by atoms with Crippen LogP contribution in [0.4, 0.5) is 0 Å². The van der Waals surface area contributed by atoms with Crippen LogP contribution in [0.2, 0.25) is 0 Å². The van der Waals surface area contributed by atoms with Crippen LogP contribution in [-0.2, 0) is 9.84 Å². The van der Waals surface area contributed by atoms with Crippen LogP contribution in [-0.4, -0.2) is 19.2 Å². The van der Waals surface area contributed by atoms with Crippen LogP contribution in [0, 0.1) is 12.3 Å². The van der Waals surface area contributed by atoms with Crippen molar-refractivity contribution in [2.24, 2.45) is 0 Å². The minimum Gasteiger partial charge on any atom is -0.255 e. The molecule has 0 amide bonds. The van der Waals surface area contributed by atoms with Crippen LogP contribution in [0.3, 0.4) is 0 Å². The van der Waals surface area contributed by atoms with Crippen LogP contribution in [0.25, 0.3) is 10.9 Å². The molecule has 0 aliphatic heterocycles. The molecule has 0 spiro atoms. The van der Waals surface area contributed by atoms with E-state index in [1.807, 2.05) is 12.1 Å². The van der Waals surface area contributed by atoms with E-state index in [9.17, 15) is 8.42 Å². The maximum Gasteiger partial charge on any atom is 0.191 e. The first kappa shape index (κ1) is 10.7. The minimum atomic E-state index is -3.44. The van der Waals surface area contributed by atoms with Crippen LogP contribution in [0.5, 0.6) is 0 Å². The molecule has 0 unspecified atom stereocenters. The Morgan fingerprint density at radius 2 is 2.00 bits per heavy atom. The van der Waals surface area contributed by atoms with Gasteiger partial charge < -0.3 is 0 Å². The van der Waals surface area contributed by atoms with Gasteiger partial charge >= 0.3 is 0 Å². The van der Waals surface area contributed by atoms with Gasteiger partial charge in [-0.25, -0.2) is 8.42 Å². The highest BCUT2D eigenvalue weighted by Crippen LogP contribution is 2.21. The van der Waals surface area contributed by atoms with E-state index >= 15 is 0 Å². The van der Waals surface area contributed by atoms with Gasteiger partial charge in [-0.3, -0.25) is 4.98 Å². The molecule has 1 heterocycles. The number of sulfone groups is 1. The zero-order valence-corrected chi connectivity index (χ0v) is 9.24. The maximum absolute atomic E-state index is 11.9. The van der Waals surface area contributed by atoms with E-state index < -0.39 is 9.84 Å². The van der Waals surface area contributed by atoms with Gasteiger partial charge in [0.1, 0.15) is 5.75 Å². The molecule has 0 N–H and O–H groups in total. The van der Waals surface area contributed by atoms with Gasteiger partial charge in [0.25, 0.3) is 0 Å². The number of terminal acetylenes is 1. The van der Waals surface area contributed by atoms with Crippen molar-refractivity contribution in [3.8, 4) is 12.3 Å². The molecule has 0 aliphatic carbocycles. The van der Waals surface area contributed by atoms with Crippen molar-refractivity contribution in [3.05, 3.63) is 36.5 Å². The summed E-state index contributed by atoms with van der Waals surface area (Å²) in [6.07, 6.45) is 6.61. The summed E-state index contributed by atoms with van der Waals surface area (Å²) in [4.78, 5) is 4.28. The number of rotatable bonds is 2. The fourth-order valence-corrected chi connectivity index (χ4v) is 2.64. The van der Waals surface area contributed by atoms with Crippen LogP contribution < -0.4 is 0 Å². The molecule has 1 aromatic carbocycles. The van der Waals surface area contributed by atoms with E-state index in [0.29, 0.717) is 5.52 Å². The molecule has 0 bridgehead atoms. The quantitative estimate of drug-likeness (QED) is 0.738. The third-order valence-corrected chi connectivity index (χ3v) is 3.75. The Morgan fingerprint density at radius 3 is 2.75 bits per heavy atom. The predicted octanol–water partition coefficient (Wildman–Crippen LogP) is 1.64. The van der Waals surface area contributed by atoms with Gasteiger partial charge in [0.05, 0.1) is 10.4 Å². The van der Waals surface area contributed by atoms with Gasteiger partial charge in [0, 0.05) is 11.6 Å². The van der Waals surface area contributed by atoms with E-state index in [1.54, 1.807) is 18.3 Å². The first-order chi connectivity index (χ1) is 7.65. The molecule has 0 atom stereocenters. The highest BCUT2D eigenvalue weighted by molar-refractivity contribution is 7.91. The first-order valence-electron chi connectivity index (χ1n) is 4.65. The first-order valence-corrected chi connectivity index (χ1v) is 6.30. The summed E-state index contributed by atoms with van der Waals surface area (Å²) in [5.41, 5.74) is 0.472. The molecule has 2 rings (SSSR count). The van der Waals surface area contributed by atoms with E-state index in [1.165, 1.54) is 6.07 Å². The lowest BCUT2D eigenvalue weighted by Crippen LogP contribution is -2.06. The third kappa shape index (κ3) is 1.77. The largest absolute Gasteiger partial charge is 0.255 e. The van der Waals surface area contributed by atoms with Crippen LogP contribution in [0.15, 0.2) is 41.4 Å². The second-order valence-electron chi connectivity index (χ2n) is 3.29. The fourth-order valence-electron chi connectivity index (χ4n) is 1.51. The number of para-hydroxylation sites is 1. The minimum absolute atomic E-state index is 0.198. The van der Waals surface area contributed by atoms with Gasteiger partial charge in [-0.05, 0) is 12.1 Å². The molecule has 0 fully saturated rings. The Balaban J connectivity index is 2.76. The lowest BCUT2D eigenvalue weighted by atomic mass is 10.2. The van der Waals surface area contributed by atoms with Crippen molar-refractivity contribution in [2.45, 2.75) is 4.90 Å². The zero-order chi connectivity index (χ0) is 11.6. The Kier molecular flexibility index (Phi) is 2.63. The fraction of sp³-hybridized carbons (Fsp3) is 0.0833. The Hall–Kier alpha value is -1.86. The average molecular weight is 231 g/mol. The summed E-state index contributed by atoms with van der Waals surface area (Å²) in [5.74, 6) is 1.85. The lowest BCUT2D eigenvalue weighted by Gasteiger charge is -2.04. The van der Waals surface area contributed by atoms with E-state index in [2.05, 4.69) is 10.9 Å². The molecule has 0 radical (unpaired) electrons. The van der Waals surface area contributed by atoms with E-state index in [0.717, 1.165) is 5.39 Å². The van der Waals surface area contributed by atoms with Crippen molar-refractivity contribution < 1.29 is 8.42 Å². The molecule has 2 aromatic rings. The standard InChI is InChI=1S/C12H9NO2S/c1-2-9-16(14,15)11-7-3-5-10-6-4-8-13-12(10)11/h1,3-8H,9H2. The summed E-state index contributed by atoms with van der Waals surface area (Å²) in [6.45, 7) is 0. The van der Waals surface area contributed by atoms with Crippen LogP contribution in [0.1, 0.15) is 0 Å². The zero-order valence-electron chi connectivity index (χ0n) is 8.42. The molecule has 3 nitrogen and oxygen atoms in total. The number of nitrogens with zero attached hydrogens (tertiary/aromatic N) is 1. The number of aromatic nitrogens is 1. The van der Waals surface area contributed by atoms with Crippen molar-refractivity contribution in [1.82, 2.24) is 4.98 Å². The summed E-state index contributed by atoms with van der Waals surface area (Å²) in [6, 6.07) is 8.61. The van der Waals surface area contributed by atoms with Gasteiger partial charge in [0.2, 0.25) is 0 Å². The second-order valence-corrected chi connectivity index (χ2v) is 5.25. The highest BCUT2D eigenvalue weighted by Gasteiger charge is 2.16. The van der Waals surface area contributed by atoms with E-state index in [4.69, 9.17) is 6.42 Å². The Morgan fingerprint density at radius 1 is 1.25 bits per heavy atom. The molecule has 0 saturated heterocycles. The summed E-state index contributed by atoms with van der Waals surface area (Å²) in [7, 11) is -3.44.